The highest BCUT2D eigenvalue weighted by Gasteiger charge is 2.92. The Hall–Kier alpha value is -0.340. The van der Waals surface area contributed by atoms with Crippen molar-refractivity contribution in [2.24, 2.45) is 0 Å². The third-order valence-corrected chi connectivity index (χ3v) is 2.61. The predicted octanol–water partition coefficient (Wildman–Crippen LogP) is 2.54. The van der Waals surface area contributed by atoms with Crippen LogP contribution in [0.1, 0.15) is 0 Å². The number of Topliss-reactive ketones (excluding diaryl/α,β-unsaturated/α-hetero) is 1. The summed E-state index contributed by atoms with van der Waals surface area (Å²) in [5.41, 5.74) is 0. The van der Waals surface area contributed by atoms with Crippen molar-refractivity contribution >= 4 is 21.7 Å². The maximum Gasteiger partial charge on any atom is 0.384 e. The molecule has 0 amide bonds. The number of carbonyl (C=O) groups excluding carboxylic acids is 1. The molecule has 0 radical (unpaired) electrons. The minimum absolute atomic E-state index is 1.25. The zero-order valence-electron chi connectivity index (χ0n) is 5.93. The lowest BCUT2D eigenvalue weighted by Crippen LogP contribution is -2.50. The minimum atomic E-state index is -6.05. The van der Waals surface area contributed by atoms with Crippen LogP contribution in [0.15, 0.2) is 0 Å². The summed E-state index contributed by atoms with van der Waals surface area (Å²) in [4.78, 5) is 10.2. The Labute approximate surface area is 80.4 Å². The van der Waals surface area contributed by atoms with Gasteiger partial charge in [-0.2, -0.15) is 26.3 Å². The van der Waals surface area contributed by atoms with E-state index < -0.39 is 28.1 Å². The van der Waals surface area contributed by atoms with E-state index in [1.807, 2.05) is 0 Å². The molecule has 1 aliphatic rings. The van der Waals surface area contributed by atoms with Crippen molar-refractivity contribution in [1.29, 1.82) is 0 Å². The standard InChI is InChI=1S/C5BrF7O/c6-2(7)1(14)3(8,9)5(12,13)4(2,10)11. The van der Waals surface area contributed by atoms with Crippen LogP contribution < -0.4 is 0 Å². The van der Waals surface area contributed by atoms with Crippen LogP contribution >= 0.6 is 15.9 Å². The summed E-state index contributed by atoms with van der Waals surface area (Å²) >= 11 is 1.25. The van der Waals surface area contributed by atoms with E-state index in [1.54, 1.807) is 0 Å². The van der Waals surface area contributed by atoms with Crippen molar-refractivity contribution < 1.29 is 35.5 Å². The van der Waals surface area contributed by atoms with E-state index in [9.17, 15) is 35.5 Å². The van der Waals surface area contributed by atoms with Gasteiger partial charge in [-0.15, -0.1) is 0 Å². The van der Waals surface area contributed by atoms with Gasteiger partial charge in [0.2, 0.25) is 0 Å². The van der Waals surface area contributed by atoms with E-state index in [1.165, 1.54) is 15.9 Å². The van der Waals surface area contributed by atoms with Crippen molar-refractivity contribution in [2.45, 2.75) is 22.3 Å². The van der Waals surface area contributed by atoms with E-state index in [0.29, 0.717) is 0 Å². The number of alkyl halides is 8. The van der Waals surface area contributed by atoms with E-state index in [2.05, 4.69) is 0 Å². The number of hydrogen-bond donors (Lipinski definition) is 0. The van der Waals surface area contributed by atoms with Crippen LogP contribution in [0.25, 0.3) is 0 Å². The molecule has 0 aromatic heterocycles. The molecule has 0 saturated heterocycles. The van der Waals surface area contributed by atoms with Gasteiger partial charge in [-0.05, 0) is 15.9 Å². The van der Waals surface area contributed by atoms with E-state index >= 15 is 0 Å². The van der Waals surface area contributed by atoms with Crippen LogP contribution in [0.2, 0.25) is 0 Å². The largest absolute Gasteiger partial charge is 0.384 e. The van der Waals surface area contributed by atoms with E-state index in [-0.39, 0.29) is 0 Å². The summed E-state index contributed by atoms with van der Waals surface area (Å²) < 4.78 is 81.7. The first-order chi connectivity index (χ1) is 5.90. The van der Waals surface area contributed by atoms with Crippen molar-refractivity contribution in [3.63, 3.8) is 0 Å². The summed E-state index contributed by atoms with van der Waals surface area (Å²) in [6.45, 7) is 0. The average molecular weight is 289 g/mol. The van der Waals surface area contributed by atoms with Crippen LogP contribution in [0.4, 0.5) is 30.7 Å². The van der Waals surface area contributed by atoms with E-state index in [4.69, 9.17) is 0 Å². The summed E-state index contributed by atoms with van der Waals surface area (Å²) in [6.07, 6.45) is 0. The Bertz CT molecular complexity index is 268. The second-order valence-corrected chi connectivity index (χ2v) is 3.72. The number of carbonyl (C=O) groups is 1. The van der Waals surface area contributed by atoms with Gasteiger partial charge in [0.25, 0.3) is 10.4 Å². The molecule has 0 aromatic carbocycles. The SMILES string of the molecule is O=C1C(F)(F)C(F)(F)C(F)(F)C1(F)Br. The molecule has 82 valence electrons. The Morgan fingerprint density at radius 3 is 1.29 bits per heavy atom. The third-order valence-electron chi connectivity index (χ3n) is 1.75. The number of hydrogen-bond acceptors (Lipinski definition) is 1. The van der Waals surface area contributed by atoms with Gasteiger partial charge in [0, 0.05) is 0 Å². The van der Waals surface area contributed by atoms with Gasteiger partial charge in [0.15, 0.2) is 0 Å². The van der Waals surface area contributed by atoms with Crippen molar-refractivity contribution in [3.8, 4) is 0 Å². The maximum absolute atomic E-state index is 12.6. The van der Waals surface area contributed by atoms with Crippen LogP contribution in [-0.2, 0) is 4.79 Å². The normalized spacial score (nSPS) is 38.7. The topological polar surface area (TPSA) is 17.1 Å². The molecule has 1 saturated carbocycles. The number of halogens is 8. The zero-order valence-corrected chi connectivity index (χ0v) is 7.52. The van der Waals surface area contributed by atoms with Crippen molar-refractivity contribution in [2.75, 3.05) is 0 Å². The minimum Gasteiger partial charge on any atom is -0.288 e. The Morgan fingerprint density at radius 1 is 0.857 bits per heavy atom. The molecule has 0 N–H and O–H groups in total. The fraction of sp³-hybridized carbons (Fsp3) is 0.800. The molecule has 14 heavy (non-hydrogen) atoms. The lowest BCUT2D eigenvalue weighted by Gasteiger charge is -2.23. The predicted molar refractivity (Wildman–Crippen MR) is 32.6 cm³/mol. The molecule has 1 fully saturated rings. The fourth-order valence-corrected chi connectivity index (χ4v) is 1.37. The molecule has 1 aliphatic carbocycles. The first-order valence-electron chi connectivity index (χ1n) is 2.97. The lowest BCUT2D eigenvalue weighted by atomic mass is 10.2. The first-order valence-corrected chi connectivity index (χ1v) is 3.76. The molecular formula is C5BrF7O. The highest BCUT2D eigenvalue weighted by Crippen LogP contribution is 2.62. The number of ketones is 1. The van der Waals surface area contributed by atoms with E-state index in [0.717, 1.165) is 0 Å². The quantitative estimate of drug-likeness (QED) is 0.495. The molecule has 9 heteroatoms. The highest BCUT2D eigenvalue weighted by molar-refractivity contribution is 9.10. The van der Waals surface area contributed by atoms with Gasteiger partial charge in [-0.1, -0.05) is 0 Å². The van der Waals surface area contributed by atoms with Crippen LogP contribution in [0, 0.1) is 0 Å². The molecule has 1 nitrogen and oxygen atoms in total. The molecule has 1 rings (SSSR count). The molecule has 0 bridgehead atoms. The van der Waals surface area contributed by atoms with Gasteiger partial charge in [-0.25, -0.2) is 4.39 Å². The first kappa shape index (κ1) is 11.7. The lowest BCUT2D eigenvalue weighted by molar-refractivity contribution is -0.277. The fourth-order valence-electron chi connectivity index (χ4n) is 0.877. The highest BCUT2D eigenvalue weighted by atomic mass is 79.9. The molecule has 1 atom stereocenters. The maximum atomic E-state index is 12.6. The summed E-state index contributed by atoms with van der Waals surface area (Å²) in [6, 6.07) is 0. The third kappa shape index (κ3) is 0.887. The molecule has 0 heterocycles. The Balaban J connectivity index is 3.46. The van der Waals surface area contributed by atoms with Crippen molar-refractivity contribution in [3.05, 3.63) is 0 Å². The molecule has 0 aromatic rings. The van der Waals surface area contributed by atoms with Crippen LogP contribution in [0.5, 0.6) is 0 Å². The molecule has 0 aliphatic heterocycles. The molecular weight excluding hydrogens is 289 g/mol. The summed E-state index contributed by atoms with van der Waals surface area (Å²) in [5.74, 6) is -20.7. The Kier molecular flexibility index (Phi) is 2.03. The number of rotatable bonds is 0. The molecule has 1 unspecified atom stereocenters. The monoisotopic (exact) mass is 288 g/mol. The average Bonchev–Trinajstić information content (AvgIpc) is 2.05. The van der Waals surface area contributed by atoms with Gasteiger partial charge < -0.3 is 0 Å². The smallest absolute Gasteiger partial charge is 0.288 e. The molecule has 0 spiro atoms. The van der Waals surface area contributed by atoms with Crippen LogP contribution in [-0.4, -0.2) is 28.1 Å². The van der Waals surface area contributed by atoms with Gasteiger partial charge in [-0.3, -0.25) is 4.79 Å². The van der Waals surface area contributed by atoms with Gasteiger partial charge in [0.05, 0.1) is 0 Å². The summed E-state index contributed by atoms with van der Waals surface area (Å²) in [5, 5.41) is 0. The van der Waals surface area contributed by atoms with Gasteiger partial charge in [0.1, 0.15) is 0 Å². The second-order valence-electron chi connectivity index (χ2n) is 2.63. The van der Waals surface area contributed by atoms with Crippen molar-refractivity contribution in [1.82, 2.24) is 0 Å². The second kappa shape index (κ2) is 2.42. The zero-order chi connectivity index (χ0) is 11.6. The Morgan fingerprint density at radius 2 is 1.21 bits per heavy atom. The van der Waals surface area contributed by atoms with Gasteiger partial charge >= 0.3 is 17.8 Å². The summed E-state index contributed by atoms with van der Waals surface area (Å²) in [7, 11) is 0. The van der Waals surface area contributed by atoms with Crippen LogP contribution in [0.3, 0.4) is 0 Å².